The number of nitrogens with zero attached hydrogens (tertiary/aromatic N) is 3. The summed E-state index contributed by atoms with van der Waals surface area (Å²) in [7, 11) is 0. The van der Waals surface area contributed by atoms with E-state index in [1.807, 2.05) is 30.5 Å². The van der Waals surface area contributed by atoms with Gasteiger partial charge in [0.25, 0.3) is 5.56 Å². The van der Waals surface area contributed by atoms with Gasteiger partial charge in [0, 0.05) is 49.0 Å². The van der Waals surface area contributed by atoms with E-state index in [1.165, 1.54) is 0 Å². The predicted molar refractivity (Wildman–Crippen MR) is 97.0 cm³/mol. The van der Waals surface area contributed by atoms with Gasteiger partial charge in [-0.2, -0.15) is 0 Å². The smallest absolute Gasteiger partial charge is 0.258 e. The number of pyridine rings is 1. The minimum absolute atomic E-state index is 0.0815. The van der Waals surface area contributed by atoms with Gasteiger partial charge < -0.3 is 10.2 Å². The molecule has 0 atom stereocenters. The molecule has 2 aromatic heterocycles. The first kappa shape index (κ1) is 15.2. The molecule has 0 aliphatic carbocycles. The van der Waals surface area contributed by atoms with Crippen LogP contribution in [0, 0.1) is 0 Å². The topological polar surface area (TPSA) is 49.6 Å². The van der Waals surface area contributed by atoms with Crippen LogP contribution < -0.4 is 15.8 Å². The Morgan fingerprint density at radius 2 is 1.79 bits per heavy atom. The quantitative estimate of drug-likeness (QED) is 0.778. The van der Waals surface area contributed by atoms with Gasteiger partial charge in [0.1, 0.15) is 5.65 Å². The van der Waals surface area contributed by atoms with Crippen molar-refractivity contribution in [2.24, 2.45) is 0 Å². The zero-order valence-electron chi connectivity index (χ0n) is 13.1. The van der Waals surface area contributed by atoms with Gasteiger partial charge in [0.15, 0.2) is 0 Å². The maximum absolute atomic E-state index is 12.5. The van der Waals surface area contributed by atoms with Crippen LogP contribution in [0.5, 0.6) is 0 Å². The monoisotopic (exact) mass is 340 g/mol. The molecule has 0 amide bonds. The van der Waals surface area contributed by atoms with Crippen LogP contribution in [0.3, 0.4) is 0 Å². The van der Waals surface area contributed by atoms with Gasteiger partial charge >= 0.3 is 0 Å². The van der Waals surface area contributed by atoms with Crippen LogP contribution in [0.15, 0.2) is 53.5 Å². The summed E-state index contributed by atoms with van der Waals surface area (Å²) >= 11 is 5.92. The van der Waals surface area contributed by atoms with E-state index < -0.39 is 0 Å². The number of fused-ring (bicyclic) bond motifs is 1. The molecule has 1 aliphatic rings. The molecule has 122 valence electrons. The number of piperazine rings is 1. The standard InChI is InChI=1S/C18H17ClN4O/c19-14-3-1-13(2-4-14)16-11-18(24)23-12-15(5-6-17(23)21-16)22-9-7-20-8-10-22/h1-6,11-12,20H,7-10H2. The fraction of sp³-hybridized carbons (Fsp3) is 0.222. The largest absolute Gasteiger partial charge is 0.368 e. The molecule has 0 unspecified atom stereocenters. The van der Waals surface area contributed by atoms with E-state index >= 15 is 0 Å². The Balaban J connectivity index is 1.76. The van der Waals surface area contributed by atoms with E-state index in [-0.39, 0.29) is 5.56 Å². The summed E-state index contributed by atoms with van der Waals surface area (Å²) in [4.78, 5) is 19.4. The Hall–Kier alpha value is -2.37. The number of benzene rings is 1. The highest BCUT2D eigenvalue weighted by Gasteiger charge is 2.12. The molecule has 6 heteroatoms. The lowest BCUT2D eigenvalue weighted by molar-refractivity contribution is 0.588. The summed E-state index contributed by atoms with van der Waals surface area (Å²) in [6, 6.07) is 12.8. The van der Waals surface area contributed by atoms with Crippen LogP contribution in [0.25, 0.3) is 16.9 Å². The van der Waals surface area contributed by atoms with Crippen molar-refractivity contribution >= 4 is 22.9 Å². The van der Waals surface area contributed by atoms with E-state index in [4.69, 9.17) is 11.6 Å². The second kappa shape index (κ2) is 6.26. The van der Waals surface area contributed by atoms with Crippen molar-refractivity contribution in [2.45, 2.75) is 0 Å². The summed E-state index contributed by atoms with van der Waals surface area (Å²) < 4.78 is 1.61. The molecule has 0 bridgehead atoms. The van der Waals surface area contributed by atoms with Crippen LogP contribution >= 0.6 is 11.6 Å². The molecule has 1 aliphatic heterocycles. The van der Waals surface area contributed by atoms with E-state index in [0.29, 0.717) is 16.4 Å². The Morgan fingerprint density at radius 3 is 2.54 bits per heavy atom. The van der Waals surface area contributed by atoms with Gasteiger partial charge in [0.05, 0.1) is 11.4 Å². The van der Waals surface area contributed by atoms with E-state index in [0.717, 1.165) is 37.4 Å². The average molecular weight is 341 g/mol. The van der Waals surface area contributed by atoms with Crippen LogP contribution in [0.4, 0.5) is 5.69 Å². The number of hydrogen-bond donors (Lipinski definition) is 1. The van der Waals surface area contributed by atoms with Gasteiger partial charge in [-0.1, -0.05) is 23.7 Å². The van der Waals surface area contributed by atoms with Crippen molar-refractivity contribution in [1.82, 2.24) is 14.7 Å². The number of hydrogen-bond acceptors (Lipinski definition) is 4. The van der Waals surface area contributed by atoms with Gasteiger partial charge in [-0.05, 0) is 24.3 Å². The highest BCUT2D eigenvalue weighted by atomic mass is 35.5. The first-order chi connectivity index (χ1) is 11.7. The highest BCUT2D eigenvalue weighted by Crippen LogP contribution is 2.20. The Bertz CT molecular complexity index is 930. The number of aromatic nitrogens is 2. The number of halogens is 1. The van der Waals surface area contributed by atoms with Gasteiger partial charge in [-0.25, -0.2) is 4.98 Å². The molecule has 3 heterocycles. The maximum atomic E-state index is 12.5. The van der Waals surface area contributed by atoms with E-state index in [9.17, 15) is 4.79 Å². The molecular formula is C18H17ClN4O. The zero-order chi connectivity index (χ0) is 16.5. The fourth-order valence-corrected chi connectivity index (χ4v) is 3.10. The Labute approximate surface area is 144 Å². The van der Waals surface area contributed by atoms with Crippen molar-refractivity contribution in [2.75, 3.05) is 31.1 Å². The lowest BCUT2D eigenvalue weighted by Crippen LogP contribution is -2.43. The summed E-state index contributed by atoms with van der Waals surface area (Å²) in [5.74, 6) is 0. The first-order valence-electron chi connectivity index (χ1n) is 7.96. The predicted octanol–water partition coefficient (Wildman–Crippen LogP) is 2.42. The zero-order valence-corrected chi connectivity index (χ0v) is 13.8. The highest BCUT2D eigenvalue weighted by molar-refractivity contribution is 6.30. The summed E-state index contributed by atoms with van der Waals surface area (Å²) in [5.41, 5.74) is 3.15. The van der Waals surface area contributed by atoms with E-state index in [2.05, 4.69) is 15.2 Å². The summed E-state index contributed by atoms with van der Waals surface area (Å²) in [6.07, 6.45) is 1.88. The molecule has 0 saturated carbocycles. The molecule has 4 rings (SSSR count). The van der Waals surface area contributed by atoms with Gasteiger partial charge in [-0.3, -0.25) is 9.20 Å². The molecule has 24 heavy (non-hydrogen) atoms. The van der Waals surface area contributed by atoms with Crippen LogP contribution in [-0.2, 0) is 0 Å². The third kappa shape index (κ3) is 2.88. The maximum Gasteiger partial charge on any atom is 0.258 e. The average Bonchev–Trinajstić information content (AvgIpc) is 2.63. The van der Waals surface area contributed by atoms with Crippen molar-refractivity contribution < 1.29 is 0 Å². The van der Waals surface area contributed by atoms with Gasteiger partial charge in [0.2, 0.25) is 0 Å². The molecule has 1 fully saturated rings. The van der Waals surface area contributed by atoms with Gasteiger partial charge in [-0.15, -0.1) is 0 Å². The number of rotatable bonds is 2. The van der Waals surface area contributed by atoms with Crippen molar-refractivity contribution in [3.63, 3.8) is 0 Å². The van der Waals surface area contributed by atoms with Crippen LogP contribution in [-0.4, -0.2) is 35.6 Å². The lowest BCUT2D eigenvalue weighted by Gasteiger charge is -2.29. The number of anilines is 1. The van der Waals surface area contributed by atoms with Crippen molar-refractivity contribution in [1.29, 1.82) is 0 Å². The molecule has 1 N–H and O–H groups in total. The molecule has 1 saturated heterocycles. The third-order valence-electron chi connectivity index (χ3n) is 4.27. The molecule has 0 radical (unpaired) electrons. The third-order valence-corrected chi connectivity index (χ3v) is 4.52. The summed E-state index contributed by atoms with van der Waals surface area (Å²) in [5, 5.41) is 3.99. The Morgan fingerprint density at radius 1 is 1.04 bits per heavy atom. The minimum Gasteiger partial charge on any atom is -0.368 e. The fourth-order valence-electron chi connectivity index (χ4n) is 2.97. The summed E-state index contributed by atoms with van der Waals surface area (Å²) in [6.45, 7) is 3.80. The second-order valence-corrected chi connectivity index (χ2v) is 6.28. The molecule has 0 spiro atoms. The first-order valence-corrected chi connectivity index (χ1v) is 8.33. The van der Waals surface area contributed by atoms with Crippen molar-refractivity contribution in [3.8, 4) is 11.3 Å². The molecule has 3 aromatic rings. The Kier molecular flexibility index (Phi) is 3.96. The van der Waals surface area contributed by atoms with Crippen molar-refractivity contribution in [3.05, 3.63) is 64.0 Å². The van der Waals surface area contributed by atoms with E-state index in [1.54, 1.807) is 22.6 Å². The van der Waals surface area contributed by atoms with Crippen LogP contribution in [0.2, 0.25) is 5.02 Å². The normalized spacial score (nSPS) is 15.0. The SMILES string of the molecule is O=c1cc(-c2ccc(Cl)cc2)nc2ccc(N3CCNCC3)cn12. The minimum atomic E-state index is -0.0815. The molecule has 5 nitrogen and oxygen atoms in total. The second-order valence-electron chi connectivity index (χ2n) is 5.84. The lowest BCUT2D eigenvalue weighted by atomic mass is 10.1. The number of nitrogens with one attached hydrogen (secondary N) is 1. The molecule has 1 aromatic carbocycles. The van der Waals surface area contributed by atoms with Crippen LogP contribution in [0.1, 0.15) is 0 Å². The molecular weight excluding hydrogens is 324 g/mol.